The van der Waals surface area contributed by atoms with Gasteiger partial charge < -0.3 is 4.42 Å². The van der Waals surface area contributed by atoms with Gasteiger partial charge in [-0.05, 0) is 37.7 Å². The van der Waals surface area contributed by atoms with Crippen LogP contribution >= 0.6 is 11.3 Å². The molecule has 1 aliphatic heterocycles. The Labute approximate surface area is 178 Å². The highest BCUT2D eigenvalue weighted by Gasteiger charge is 2.19. The first-order valence-electron chi connectivity index (χ1n) is 9.53. The minimum atomic E-state index is -2.89. The first kappa shape index (κ1) is 19.8. The Hall–Kier alpha value is -3.12. The van der Waals surface area contributed by atoms with Gasteiger partial charge in [-0.25, -0.2) is 9.07 Å². The molecular weight excluding hydrogens is 431 g/mol. The topological polar surface area (TPSA) is 85.8 Å². The molecule has 0 unspecified atom stereocenters. The quantitative estimate of drug-likeness (QED) is 0.426. The highest BCUT2D eigenvalue weighted by atomic mass is 32.1. The van der Waals surface area contributed by atoms with Crippen molar-refractivity contribution in [1.29, 1.82) is 0 Å². The lowest BCUT2D eigenvalue weighted by Crippen LogP contribution is -2.35. The summed E-state index contributed by atoms with van der Waals surface area (Å²) >= 11 is 1.67. The number of likely N-dealkylation sites (tertiary alicyclic amines) is 1. The maximum atomic E-state index is 14.5. The second kappa shape index (κ2) is 8.19. The predicted molar refractivity (Wildman–Crippen MR) is 105 cm³/mol. The first-order valence-corrected chi connectivity index (χ1v) is 10.3. The molecule has 0 bridgehead atoms. The van der Waals surface area contributed by atoms with Gasteiger partial charge in [0.05, 0.1) is 28.9 Å². The molecule has 160 valence electrons. The van der Waals surface area contributed by atoms with Crippen LogP contribution in [0.25, 0.3) is 22.0 Å². The molecule has 0 spiro atoms. The van der Waals surface area contributed by atoms with Gasteiger partial charge in [0, 0.05) is 17.6 Å². The van der Waals surface area contributed by atoms with Crippen LogP contribution in [0.2, 0.25) is 0 Å². The fourth-order valence-corrected chi connectivity index (χ4v) is 4.14. The van der Waals surface area contributed by atoms with Gasteiger partial charge in [0.25, 0.3) is 5.89 Å². The maximum Gasteiger partial charge on any atom is 0.314 e. The summed E-state index contributed by atoms with van der Waals surface area (Å²) in [4.78, 5) is 8.70. The van der Waals surface area contributed by atoms with Crippen LogP contribution < -0.4 is 0 Å². The molecule has 0 atom stereocenters. The average Bonchev–Trinajstić information content (AvgIpc) is 3.46. The number of hydrogen-bond donors (Lipinski definition) is 0. The number of pyridine rings is 1. The Balaban J connectivity index is 1.28. The van der Waals surface area contributed by atoms with Crippen molar-refractivity contribution < 1.29 is 17.6 Å². The van der Waals surface area contributed by atoms with E-state index in [-0.39, 0.29) is 23.7 Å². The molecule has 0 N–H and O–H groups in total. The molecule has 0 saturated carbocycles. The van der Waals surface area contributed by atoms with Gasteiger partial charge in [-0.15, -0.1) is 26.6 Å². The zero-order valence-corrected chi connectivity index (χ0v) is 16.9. The number of halogens is 3. The van der Waals surface area contributed by atoms with Crippen molar-refractivity contribution in [3.63, 3.8) is 0 Å². The van der Waals surface area contributed by atoms with Gasteiger partial charge in [0.2, 0.25) is 5.89 Å². The third kappa shape index (κ3) is 4.21. The van der Waals surface area contributed by atoms with E-state index < -0.39 is 18.1 Å². The molecule has 31 heavy (non-hydrogen) atoms. The van der Waals surface area contributed by atoms with Crippen molar-refractivity contribution in [3.8, 4) is 22.0 Å². The van der Waals surface area contributed by atoms with Gasteiger partial charge in [-0.1, -0.05) is 5.21 Å². The van der Waals surface area contributed by atoms with Gasteiger partial charge in [-0.3, -0.25) is 9.88 Å². The van der Waals surface area contributed by atoms with Crippen LogP contribution in [0, 0.1) is 5.82 Å². The largest absolute Gasteiger partial charge is 0.415 e. The lowest BCUT2D eigenvalue weighted by Gasteiger charge is -2.29. The monoisotopic (exact) mass is 447 g/mol. The van der Waals surface area contributed by atoms with Gasteiger partial charge in [0.1, 0.15) is 11.5 Å². The second-order valence-corrected chi connectivity index (χ2v) is 8.26. The Morgan fingerprint density at radius 2 is 2.00 bits per heavy atom. The van der Waals surface area contributed by atoms with Crippen LogP contribution in [0.15, 0.2) is 35.0 Å². The van der Waals surface area contributed by atoms with Gasteiger partial charge >= 0.3 is 6.43 Å². The Morgan fingerprint density at radius 1 is 1.13 bits per heavy atom. The van der Waals surface area contributed by atoms with Crippen molar-refractivity contribution >= 4 is 11.3 Å². The van der Waals surface area contributed by atoms with E-state index in [0.717, 1.165) is 30.6 Å². The molecule has 1 fully saturated rings. The van der Waals surface area contributed by atoms with Crippen molar-refractivity contribution in [1.82, 2.24) is 35.1 Å². The van der Waals surface area contributed by atoms with Crippen LogP contribution in [0.5, 0.6) is 0 Å². The predicted octanol–water partition coefficient (Wildman–Crippen LogP) is 3.78. The van der Waals surface area contributed by atoms with Gasteiger partial charge in [0.15, 0.2) is 0 Å². The summed E-state index contributed by atoms with van der Waals surface area (Å²) in [7, 11) is 0. The summed E-state index contributed by atoms with van der Waals surface area (Å²) in [5.41, 5.74) is 0.953. The molecule has 1 aliphatic rings. The standard InChI is InChI=1S/C19H16F3N7OS/c20-13-6-11(18-25-26-19(30-18)17(21)22)7-23-14(13)9-29-10-15(24-27-29)16-3-2-12(31-16)8-28-4-1-5-28/h2-3,6-7,10,17H,1,4-5,8-9H2. The number of thiophene rings is 1. The zero-order valence-electron chi connectivity index (χ0n) is 16.1. The van der Waals surface area contributed by atoms with Crippen molar-refractivity contribution in [2.45, 2.75) is 25.9 Å². The van der Waals surface area contributed by atoms with Crippen molar-refractivity contribution in [2.24, 2.45) is 0 Å². The number of nitrogens with zero attached hydrogens (tertiary/aromatic N) is 7. The van der Waals surface area contributed by atoms with E-state index in [0.29, 0.717) is 5.69 Å². The molecule has 12 heteroatoms. The van der Waals surface area contributed by atoms with E-state index in [1.807, 2.05) is 6.07 Å². The minimum Gasteiger partial charge on any atom is -0.415 e. The van der Waals surface area contributed by atoms with Crippen LogP contribution in [0.4, 0.5) is 13.2 Å². The van der Waals surface area contributed by atoms with E-state index in [1.165, 1.54) is 22.2 Å². The van der Waals surface area contributed by atoms with Crippen molar-refractivity contribution in [2.75, 3.05) is 13.1 Å². The highest BCUT2D eigenvalue weighted by molar-refractivity contribution is 7.15. The minimum absolute atomic E-state index is 0.0667. The normalized spacial score (nSPS) is 14.3. The molecule has 0 aromatic carbocycles. The van der Waals surface area contributed by atoms with Crippen molar-refractivity contribution in [3.05, 3.63) is 52.9 Å². The molecule has 5 rings (SSSR count). The lowest BCUT2D eigenvalue weighted by molar-refractivity contribution is 0.116. The number of alkyl halides is 2. The van der Waals surface area contributed by atoms with Crippen LogP contribution in [-0.2, 0) is 13.1 Å². The third-order valence-corrected chi connectivity index (χ3v) is 5.98. The highest BCUT2D eigenvalue weighted by Crippen LogP contribution is 2.28. The molecule has 0 aliphatic carbocycles. The van der Waals surface area contributed by atoms with E-state index in [1.54, 1.807) is 17.5 Å². The fourth-order valence-electron chi connectivity index (χ4n) is 3.14. The van der Waals surface area contributed by atoms with E-state index in [4.69, 9.17) is 4.42 Å². The summed E-state index contributed by atoms with van der Waals surface area (Å²) in [6, 6.07) is 5.22. The number of hydrogen-bond acceptors (Lipinski definition) is 8. The molecule has 1 saturated heterocycles. The number of rotatable bonds is 7. The van der Waals surface area contributed by atoms with Crippen LogP contribution in [0.3, 0.4) is 0 Å². The SMILES string of the molecule is Fc1cc(-c2nnc(C(F)F)o2)cnc1Cn1cc(-c2ccc(CN3CCC3)s2)nn1. The molecule has 8 nitrogen and oxygen atoms in total. The summed E-state index contributed by atoms with van der Waals surface area (Å²) in [5.74, 6) is -1.68. The summed E-state index contributed by atoms with van der Waals surface area (Å²) in [5, 5.41) is 15.0. The van der Waals surface area contributed by atoms with Crippen LogP contribution in [-0.4, -0.2) is 48.2 Å². The molecule has 0 radical (unpaired) electrons. The Bertz CT molecular complexity index is 1200. The van der Waals surface area contributed by atoms with E-state index in [9.17, 15) is 13.2 Å². The smallest absolute Gasteiger partial charge is 0.314 e. The van der Waals surface area contributed by atoms with E-state index >= 15 is 0 Å². The Morgan fingerprint density at radius 3 is 2.71 bits per heavy atom. The third-order valence-electron chi connectivity index (χ3n) is 4.88. The maximum absolute atomic E-state index is 14.5. The second-order valence-electron chi connectivity index (χ2n) is 7.10. The summed E-state index contributed by atoms with van der Waals surface area (Å²) in [6.07, 6.45) is 1.39. The van der Waals surface area contributed by atoms with E-state index in [2.05, 4.69) is 36.5 Å². The molecule has 0 amide bonds. The summed E-state index contributed by atoms with van der Waals surface area (Å²) < 4.78 is 46.0. The number of aromatic nitrogens is 6. The van der Waals surface area contributed by atoms with Crippen LogP contribution in [0.1, 0.15) is 29.3 Å². The summed E-state index contributed by atoms with van der Waals surface area (Å²) in [6.45, 7) is 3.29. The first-order chi connectivity index (χ1) is 15.0. The molecule has 4 aromatic heterocycles. The van der Waals surface area contributed by atoms with Gasteiger partial charge in [-0.2, -0.15) is 8.78 Å². The Kier molecular flexibility index (Phi) is 5.24. The molecular formula is C19H16F3N7OS. The molecule has 5 heterocycles. The average molecular weight is 447 g/mol. The zero-order chi connectivity index (χ0) is 21.4. The lowest BCUT2D eigenvalue weighted by atomic mass is 10.2. The molecule has 4 aromatic rings. The fraction of sp³-hybridized carbons (Fsp3) is 0.316.